The van der Waals surface area contributed by atoms with Gasteiger partial charge in [0.25, 0.3) is 0 Å². The van der Waals surface area contributed by atoms with Gasteiger partial charge in [0.1, 0.15) is 11.6 Å². The van der Waals surface area contributed by atoms with Gasteiger partial charge in [-0.1, -0.05) is 25.1 Å². The summed E-state index contributed by atoms with van der Waals surface area (Å²) in [6, 6.07) is 7.69. The largest absolute Gasteiger partial charge is 0.508 e. The summed E-state index contributed by atoms with van der Waals surface area (Å²) in [5.41, 5.74) is 0.963. The van der Waals surface area contributed by atoms with Crippen molar-refractivity contribution in [3.05, 3.63) is 48.0 Å². The van der Waals surface area contributed by atoms with Crippen LogP contribution < -0.4 is 5.32 Å². The first-order chi connectivity index (χ1) is 9.22. The van der Waals surface area contributed by atoms with Gasteiger partial charge < -0.3 is 15.0 Å². The van der Waals surface area contributed by atoms with Crippen molar-refractivity contribution in [3.63, 3.8) is 0 Å². The number of phenolic OH excluding ortho intramolecular Hbond substituents is 1. The number of nitrogens with one attached hydrogen (secondary N) is 1. The van der Waals surface area contributed by atoms with Gasteiger partial charge in [-0.05, 0) is 12.5 Å². The highest BCUT2D eigenvalue weighted by molar-refractivity contribution is 5.34. The van der Waals surface area contributed by atoms with Gasteiger partial charge in [0.15, 0.2) is 0 Å². The number of hydrogen-bond donors (Lipinski definition) is 2. The van der Waals surface area contributed by atoms with Crippen LogP contribution in [0.1, 0.15) is 30.8 Å². The summed E-state index contributed by atoms with van der Waals surface area (Å²) in [7, 11) is 2.00. The third kappa shape index (κ3) is 3.35. The van der Waals surface area contributed by atoms with Crippen LogP contribution in [0.15, 0.2) is 36.7 Å². The third-order valence-corrected chi connectivity index (χ3v) is 3.38. The average molecular weight is 259 g/mol. The zero-order chi connectivity index (χ0) is 13.7. The molecule has 0 radical (unpaired) electrons. The highest BCUT2D eigenvalue weighted by atomic mass is 16.3. The monoisotopic (exact) mass is 259 g/mol. The smallest absolute Gasteiger partial charge is 0.120 e. The van der Waals surface area contributed by atoms with Gasteiger partial charge in [-0.15, -0.1) is 0 Å². The Bertz CT molecular complexity index is 522. The molecule has 0 aliphatic heterocycles. The second-order valence-corrected chi connectivity index (χ2v) is 4.68. The van der Waals surface area contributed by atoms with E-state index >= 15 is 0 Å². The normalized spacial score (nSPS) is 12.5. The van der Waals surface area contributed by atoms with Crippen LogP contribution in [0.5, 0.6) is 5.75 Å². The molecule has 1 heterocycles. The average Bonchev–Trinajstić information content (AvgIpc) is 2.82. The van der Waals surface area contributed by atoms with Crippen molar-refractivity contribution in [2.75, 3.05) is 6.54 Å². The van der Waals surface area contributed by atoms with Crippen molar-refractivity contribution in [3.8, 4) is 5.75 Å². The van der Waals surface area contributed by atoms with E-state index in [1.807, 2.05) is 42.2 Å². The van der Waals surface area contributed by atoms with Crippen molar-refractivity contribution < 1.29 is 5.11 Å². The van der Waals surface area contributed by atoms with E-state index < -0.39 is 0 Å². The Labute approximate surface area is 114 Å². The van der Waals surface area contributed by atoms with Gasteiger partial charge in [-0.25, -0.2) is 4.98 Å². The first kappa shape index (κ1) is 13.6. The number of hydrogen-bond acceptors (Lipinski definition) is 3. The van der Waals surface area contributed by atoms with E-state index in [-0.39, 0.29) is 6.04 Å². The van der Waals surface area contributed by atoms with E-state index in [2.05, 4.69) is 17.2 Å². The lowest BCUT2D eigenvalue weighted by molar-refractivity contribution is 0.441. The molecule has 0 aliphatic rings. The number of imidazole rings is 1. The summed E-state index contributed by atoms with van der Waals surface area (Å²) < 4.78 is 2.03. The molecule has 2 aromatic rings. The fraction of sp³-hybridized carbons (Fsp3) is 0.400. The van der Waals surface area contributed by atoms with E-state index in [0.29, 0.717) is 5.75 Å². The molecule has 1 aromatic heterocycles. The number of aromatic nitrogens is 2. The Morgan fingerprint density at radius 1 is 1.37 bits per heavy atom. The number of benzene rings is 1. The molecule has 0 fully saturated rings. The Morgan fingerprint density at radius 3 is 2.79 bits per heavy atom. The number of rotatable bonds is 6. The van der Waals surface area contributed by atoms with E-state index in [1.54, 1.807) is 6.07 Å². The van der Waals surface area contributed by atoms with Crippen LogP contribution in [0.25, 0.3) is 0 Å². The maximum absolute atomic E-state index is 9.88. The first-order valence-electron chi connectivity index (χ1n) is 6.69. The van der Waals surface area contributed by atoms with Gasteiger partial charge in [0, 0.05) is 44.0 Å². The zero-order valence-corrected chi connectivity index (χ0v) is 11.5. The number of nitrogens with zero attached hydrogens (tertiary/aromatic N) is 2. The summed E-state index contributed by atoms with van der Waals surface area (Å²) >= 11 is 0. The number of para-hydroxylation sites is 1. The highest BCUT2D eigenvalue weighted by Crippen LogP contribution is 2.25. The van der Waals surface area contributed by atoms with E-state index in [0.717, 1.165) is 30.8 Å². The summed E-state index contributed by atoms with van der Waals surface area (Å²) in [6.45, 7) is 2.96. The molecular weight excluding hydrogens is 238 g/mol. The Morgan fingerprint density at radius 2 is 2.16 bits per heavy atom. The molecule has 2 N–H and O–H groups in total. The molecule has 4 heteroatoms. The number of phenols is 1. The first-order valence-corrected chi connectivity index (χ1v) is 6.69. The van der Waals surface area contributed by atoms with Crippen molar-refractivity contribution >= 4 is 0 Å². The molecular formula is C15H21N3O. The van der Waals surface area contributed by atoms with Gasteiger partial charge in [0.2, 0.25) is 0 Å². The molecule has 2 rings (SSSR count). The zero-order valence-electron chi connectivity index (χ0n) is 11.5. The molecule has 0 spiro atoms. The summed E-state index contributed by atoms with van der Waals surface area (Å²) in [5, 5.41) is 13.4. The molecule has 1 unspecified atom stereocenters. The Kier molecular flexibility index (Phi) is 4.58. The summed E-state index contributed by atoms with van der Waals surface area (Å²) in [6.07, 6.45) is 5.59. The fourth-order valence-corrected chi connectivity index (χ4v) is 2.25. The fourth-order valence-electron chi connectivity index (χ4n) is 2.25. The van der Waals surface area contributed by atoms with Gasteiger partial charge in [-0.2, -0.15) is 0 Å². The van der Waals surface area contributed by atoms with E-state index in [9.17, 15) is 5.11 Å². The minimum Gasteiger partial charge on any atom is -0.508 e. The van der Waals surface area contributed by atoms with Gasteiger partial charge in [-0.3, -0.25) is 0 Å². The maximum Gasteiger partial charge on any atom is 0.120 e. The van der Waals surface area contributed by atoms with Crippen LogP contribution in [0.4, 0.5) is 0 Å². The van der Waals surface area contributed by atoms with Crippen LogP contribution in [-0.4, -0.2) is 21.2 Å². The molecule has 19 heavy (non-hydrogen) atoms. The molecule has 1 aromatic carbocycles. The van der Waals surface area contributed by atoms with Crippen molar-refractivity contribution in [2.45, 2.75) is 25.8 Å². The van der Waals surface area contributed by atoms with E-state index in [1.165, 1.54) is 0 Å². The van der Waals surface area contributed by atoms with Crippen LogP contribution in [-0.2, 0) is 13.5 Å². The lowest BCUT2D eigenvalue weighted by atomic mass is 10.0. The molecule has 0 saturated carbocycles. The van der Waals surface area contributed by atoms with E-state index in [4.69, 9.17) is 0 Å². The van der Waals surface area contributed by atoms with Crippen LogP contribution in [0, 0.1) is 0 Å². The second kappa shape index (κ2) is 6.38. The second-order valence-electron chi connectivity index (χ2n) is 4.68. The lowest BCUT2D eigenvalue weighted by Crippen LogP contribution is -2.24. The molecule has 1 atom stereocenters. The Hall–Kier alpha value is -1.81. The van der Waals surface area contributed by atoms with Crippen LogP contribution in [0.3, 0.4) is 0 Å². The molecule has 4 nitrogen and oxygen atoms in total. The quantitative estimate of drug-likeness (QED) is 0.837. The summed E-state index contributed by atoms with van der Waals surface area (Å²) in [4.78, 5) is 4.30. The minimum absolute atomic E-state index is 0.182. The lowest BCUT2D eigenvalue weighted by Gasteiger charge is -2.18. The molecule has 0 saturated heterocycles. The maximum atomic E-state index is 9.88. The topological polar surface area (TPSA) is 50.1 Å². The van der Waals surface area contributed by atoms with Crippen molar-refractivity contribution in [1.82, 2.24) is 14.9 Å². The standard InChI is InChI=1S/C15H21N3O/c1-3-13(12-6-4-5-7-14(12)19)16-9-8-15-17-10-11-18(15)2/h4-7,10-11,13,16,19H,3,8-9H2,1-2H3. The minimum atomic E-state index is 0.182. The Balaban J connectivity index is 1.93. The van der Waals surface area contributed by atoms with Crippen LogP contribution >= 0.6 is 0 Å². The SMILES string of the molecule is CCC(NCCc1nccn1C)c1ccccc1O. The molecule has 0 aliphatic carbocycles. The predicted octanol–water partition coefficient (Wildman–Crippen LogP) is 2.41. The molecule has 0 amide bonds. The van der Waals surface area contributed by atoms with Gasteiger partial charge >= 0.3 is 0 Å². The molecule has 102 valence electrons. The van der Waals surface area contributed by atoms with Crippen LogP contribution in [0.2, 0.25) is 0 Å². The summed E-state index contributed by atoms with van der Waals surface area (Å²) in [5.74, 6) is 1.43. The van der Waals surface area contributed by atoms with Gasteiger partial charge in [0.05, 0.1) is 0 Å². The third-order valence-electron chi connectivity index (χ3n) is 3.38. The molecule has 0 bridgehead atoms. The number of aromatic hydroxyl groups is 1. The van der Waals surface area contributed by atoms with Crippen molar-refractivity contribution in [2.24, 2.45) is 7.05 Å². The predicted molar refractivity (Wildman–Crippen MR) is 76.1 cm³/mol. The van der Waals surface area contributed by atoms with Crippen molar-refractivity contribution in [1.29, 1.82) is 0 Å². The highest BCUT2D eigenvalue weighted by Gasteiger charge is 2.12. The number of aryl methyl sites for hydroxylation is 1.